The van der Waals surface area contributed by atoms with Crippen LogP contribution < -0.4 is 16.2 Å². The second-order valence-corrected chi connectivity index (χ2v) is 8.63. The fourth-order valence-corrected chi connectivity index (χ4v) is 4.16. The van der Waals surface area contributed by atoms with Gasteiger partial charge in [-0.25, -0.2) is 9.97 Å². The average Bonchev–Trinajstić information content (AvgIpc) is 3.43. The Hall–Kier alpha value is -3.56. The fourth-order valence-electron chi connectivity index (χ4n) is 4.16. The molecule has 1 atom stereocenters. The van der Waals surface area contributed by atoms with Crippen molar-refractivity contribution in [1.82, 2.24) is 29.4 Å². The standard InChI is InChI=1S/C24H26N6O3/c1-24(8-4-10-33-24)16-25-12-17-6-7-20-27-18(15-29(20)14-17)13-26-23(32)19-11-22(31)30-9-3-2-5-21(30)28-19/h2-3,5-7,9,11,14-15,25H,4,8,10,12-13,16H2,1H3,(H,26,32). The first-order chi connectivity index (χ1) is 16.0. The quantitative estimate of drug-likeness (QED) is 0.450. The summed E-state index contributed by atoms with van der Waals surface area (Å²) in [5, 5.41) is 6.28. The van der Waals surface area contributed by atoms with Gasteiger partial charge in [0.15, 0.2) is 0 Å². The van der Waals surface area contributed by atoms with E-state index in [1.807, 2.05) is 28.9 Å². The number of pyridine rings is 2. The predicted octanol–water partition coefficient (Wildman–Crippen LogP) is 1.93. The molecule has 1 saturated heterocycles. The molecule has 0 bridgehead atoms. The van der Waals surface area contributed by atoms with Crippen LogP contribution in [0.2, 0.25) is 0 Å². The minimum absolute atomic E-state index is 0.0735. The second kappa shape index (κ2) is 8.76. The number of aromatic nitrogens is 4. The van der Waals surface area contributed by atoms with Gasteiger partial charge in [-0.3, -0.25) is 14.0 Å². The van der Waals surface area contributed by atoms with Crippen molar-refractivity contribution in [1.29, 1.82) is 0 Å². The molecule has 4 aromatic rings. The highest BCUT2D eigenvalue weighted by molar-refractivity contribution is 5.92. The van der Waals surface area contributed by atoms with Crippen molar-refractivity contribution in [3.8, 4) is 0 Å². The number of nitrogens with one attached hydrogen (secondary N) is 2. The van der Waals surface area contributed by atoms with E-state index in [0.717, 1.165) is 49.4 Å². The fraction of sp³-hybridized carbons (Fsp3) is 0.333. The highest BCUT2D eigenvalue weighted by Gasteiger charge is 2.28. The highest BCUT2D eigenvalue weighted by atomic mass is 16.5. The maximum Gasteiger partial charge on any atom is 0.270 e. The van der Waals surface area contributed by atoms with Gasteiger partial charge in [0.25, 0.3) is 11.5 Å². The van der Waals surface area contributed by atoms with Crippen molar-refractivity contribution >= 4 is 17.2 Å². The predicted molar refractivity (Wildman–Crippen MR) is 123 cm³/mol. The Morgan fingerprint density at radius 1 is 1.15 bits per heavy atom. The summed E-state index contributed by atoms with van der Waals surface area (Å²) in [4.78, 5) is 33.6. The molecule has 5 heterocycles. The van der Waals surface area contributed by atoms with E-state index in [4.69, 9.17) is 4.74 Å². The van der Waals surface area contributed by atoms with Crippen molar-refractivity contribution < 1.29 is 9.53 Å². The maximum absolute atomic E-state index is 12.6. The van der Waals surface area contributed by atoms with Crippen molar-refractivity contribution in [2.24, 2.45) is 0 Å². The zero-order chi connectivity index (χ0) is 22.8. The molecule has 1 unspecified atom stereocenters. The van der Waals surface area contributed by atoms with Gasteiger partial charge in [0.2, 0.25) is 0 Å². The van der Waals surface area contributed by atoms with E-state index in [1.54, 1.807) is 24.4 Å². The Morgan fingerprint density at radius 2 is 2.06 bits per heavy atom. The third-order valence-corrected chi connectivity index (χ3v) is 5.92. The van der Waals surface area contributed by atoms with Gasteiger partial charge < -0.3 is 19.8 Å². The Balaban J connectivity index is 1.22. The van der Waals surface area contributed by atoms with Gasteiger partial charge in [0, 0.05) is 44.4 Å². The molecule has 170 valence electrons. The molecule has 1 aliphatic rings. The molecule has 0 aromatic carbocycles. The first-order valence-electron chi connectivity index (χ1n) is 11.1. The van der Waals surface area contributed by atoms with Crippen LogP contribution in [0.4, 0.5) is 0 Å². The molecule has 0 aliphatic carbocycles. The van der Waals surface area contributed by atoms with Gasteiger partial charge in [-0.05, 0) is 43.5 Å². The van der Waals surface area contributed by atoms with Gasteiger partial charge in [-0.1, -0.05) is 12.1 Å². The zero-order valence-corrected chi connectivity index (χ0v) is 18.5. The molecule has 0 saturated carbocycles. The average molecular weight is 447 g/mol. The number of ether oxygens (including phenoxy) is 1. The van der Waals surface area contributed by atoms with Crippen molar-refractivity contribution in [2.45, 2.75) is 38.5 Å². The third kappa shape index (κ3) is 4.64. The van der Waals surface area contributed by atoms with Crippen LogP contribution in [0.1, 0.15) is 41.5 Å². The summed E-state index contributed by atoms with van der Waals surface area (Å²) in [5.41, 5.74) is 2.80. The van der Waals surface area contributed by atoms with Crippen molar-refractivity contribution in [3.63, 3.8) is 0 Å². The maximum atomic E-state index is 12.6. The molecule has 4 aromatic heterocycles. The molecular weight excluding hydrogens is 420 g/mol. The van der Waals surface area contributed by atoms with E-state index in [-0.39, 0.29) is 23.4 Å². The minimum Gasteiger partial charge on any atom is -0.374 e. The number of imidazole rings is 1. The molecular formula is C24H26N6O3. The Bertz CT molecular complexity index is 1370. The molecule has 33 heavy (non-hydrogen) atoms. The van der Waals surface area contributed by atoms with Crippen LogP contribution in [-0.4, -0.2) is 43.4 Å². The first-order valence-corrected chi connectivity index (χ1v) is 11.1. The number of amides is 1. The number of nitrogens with zero attached hydrogens (tertiary/aromatic N) is 4. The Morgan fingerprint density at radius 3 is 2.91 bits per heavy atom. The molecule has 9 heteroatoms. The van der Waals surface area contributed by atoms with E-state index in [9.17, 15) is 9.59 Å². The third-order valence-electron chi connectivity index (χ3n) is 5.92. The number of hydrogen-bond acceptors (Lipinski definition) is 6. The minimum atomic E-state index is -0.414. The SMILES string of the molecule is CC1(CNCc2ccc3nc(CNC(=O)c4cc(=O)n5ccccc5n4)cn3c2)CCCO1. The van der Waals surface area contributed by atoms with Crippen LogP contribution >= 0.6 is 0 Å². The lowest BCUT2D eigenvalue weighted by molar-refractivity contribution is 0.0206. The highest BCUT2D eigenvalue weighted by Crippen LogP contribution is 2.24. The number of carbonyl (C=O) groups excluding carboxylic acids is 1. The van der Waals surface area contributed by atoms with Gasteiger partial charge in [-0.15, -0.1) is 0 Å². The van der Waals surface area contributed by atoms with E-state index in [0.29, 0.717) is 5.65 Å². The zero-order valence-electron chi connectivity index (χ0n) is 18.5. The van der Waals surface area contributed by atoms with Gasteiger partial charge in [-0.2, -0.15) is 0 Å². The summed E-state index contributed by atoms with van der Waals surface area (Å²) in [6.07, 6.45) is 7.74. The van der Waals surface area contributed by atoms with Crippen LogP contribution in [0.25, 0.3) is 11.3 Å². The lowest BCUT2D eigenvalue weighted by atomic mass is 10.0. The van der Waals surface area contributed by atoms with Crippen LogP contribution in [0.3, 0.4) is 0 Å². The van der Waals surface area contributed by atoms with Crippen LogP contribution in [0.5, 0.6) is 0 Å². The Labute approximate surface area is 190 Å². The monoisotopic (exact) mass is 446 g/mol. The molecule has 9 nitrogen and oxygen atoms in total. The summed E-state index contributed by atoms with van der Waals surface area (Å²) in [7, 11) is 0. The molecule has 2 N–H and O–H groups in total. The molecule has 1 aliphatic heterocycles. The lowest BCUT2D eigenvalue weighted by Gasteiger charge is -2.23. The van der Waals surface area contributed by atoms with Crippen LogP contribution in [-0.2, 0) is 17.8 Å². The molecule has 1 amide bonds. The largest absolute Gasteiger partial charge is 0.374 e. The first kappa shape index (κ1) is 21.3. The van der Waals surface area contributed by atoms with Crippen LogP contribution in [0, 0.1) is 0 Å². The normalized spacial score (nSPS) is 18.2. The number of carbonyl (C=O) groups is 1. The Kier molecular flexibility index (Phi) is 5.65. The summed E-state index contributed by atoms with van der Waals surface area (Å²) < 4.78 is 9.17. The summed E-state index contributed by atoms with van der Waals surface area (Å²) in [6, 6.07) is 10.4. The summed E-state index contributed by atoms with van der Waals surface area (Å²) in [6.45, 7) is 4.78. The topological polar surface area (TPSA) is 102 Å². The second-order valence-electron chi connectivity index (χ2n) is 8.63. The van der Waals surface area contributed by atoms with E-state index in [1.165, 1.54) is 10.5 Å². The number of hydrogen-bond donors (Lipinski definition) is 2. The van der Waals surface area contributed by atoms with E-state index >= 15 is 0 Å². The summed E-state index contributed by atoms with van der Waals surface area (Å²) >= 11 is 0. The van der Waals surface area contributed by atoms with E-state index < -0.39 is 5.91 Å². The van der Waals surface area contributed by atoms with Crippen LogP contribution in [0.15, 0.2) is 59.8 Å². The molecule has 0 radical (unpaired) electrons. The van der Waals surface area contributed by atoms with Gasteiger partial charge in [0.1, 0.15) is 17.0 Å². The number of fused-ring (bicyclic) bond motifs is 2. The smallest absolute Gasteiger partial charge is 0.270 e. The lowest BCUT2D eigenvalue weighted by Crippen LogP contribution is -2.36. The molecule has 5 rings (SSSR count). The van der Waals surface area contributed by atoms with Gasteiger partial charge >= 0.3 is 0 Å². The van der Waals surface area contributed by atoms with Crippen molar-refractivity contribution in [3.05, 3.63) is 82.3 Å². The van der Waals surface area contributed by atoms with E-state index in [2.05, 4.69) is 27.5 Å². The summed E-state index contributed by atoms with van der Waals surface area (Å²) in [5.74, 6) is -0.414. The van der Waals surface area contributed by atoms with Crippen molar-refractivity contribution in [2.75, 3.05) is 13.2 Å². The van der Waals surface area contributed by atoms with Gasteiger partial charge in [0.05, 0.1) is 17.8 Å². The number of rotatable bonds is 7. The molecule has 1 fully saturated rings. The molecule has 0 spiro atoms.